The molecule has 2 aliphatic rings. The summed E-state index contributed by atoms with van der Waals surface area (Å²) in [6.07, 6.45) is 1.42. The summed E-state index contributed by atoms with van der Waals surface area (Å²) in [7, 11) is 0. The number of rotatable bonds is 6. The average molecular weight is 481 g/mol. The molecular weight excluding hydrogens is 452 g/mol. The summed E-state index contributed by atoms with van der Waals surface area (Å²) in [5.74, 6) is -0.874. The molecule has 2 heterocycles. The van der Waals surface area contributed by atoms with Gasteiger partial charge in [0, 0.05) is 55.7 Å². The van der Waals surface area contributed by atoms with E-state index in [1.54, 1.807) is 40.1 Å². The van der Waals surface area contributed by atoms with E-state index in [1.807, 2.05) is 13.0 Å². The van der Waals surface area contributed by atoms with Gasteiger partial charge >= 0.3 is 0 Å². The molecule has 2 aliphatic heterocycles. The highest BCUT2D eigenvalue weighted by Crippen LogP contribution is 2.39. The first-order valence-electron chi connectivity index (χ1n) is 11.7. The van der Waals surface area contributed by atoms with Crippen molar-refractivity contribution in [3.05, 3.63) is 75.8 Å². The van der Waals surface area contributed by atoms with Gasteiger partial charge in [0.1, 0.15) is 11.8 Å². The molecule has 2 aromatic carbocycles. The molecule has 0 aliphatic carbocycles. The van der Waals surface area contributed by atoms with Crippen molar-refractivity contribution in [1.29, 1.82) is 0 Å². The minimum atomic E-state index is -1.01. The molecule has 2 aromatic rings. The van der Waals surface area contributed by atoms with Crippen molar-refractivity contribution in [2.24, 2.45) is 0 Å². The maximum Gasteiger partial charge on any atom is 0.270 e. The van der Waals surface area contributed by atoms with E-state index in [-0.39, 0.29) is 48.7 Å². The van der Waals surface area contributed by atoms with Crippen molar-refractivity contribution < 1.29 is 24.0 Å². The number of nitro groups is 1. The predicted octanol–water partition coefficient (Wildman–Crippen LogP) is 2.59. The largest absolute Gasteiger partial charge is 0.354 e. The fraction of sp³-hybridized carbons (Fsp3) is 0.400. The summed E-state index contributed by atoms with van der Waals surface area (Å²) in [6.45, 7) is 3.09. The zero-order chi connectivity index (χ0) is 25.0. The first-order chi connectivity index (χ1) is 16.9. The lowest BCUT2D eigenvalue weighted by molar-refractivity contribution is -0.384. The summed E-state index contributed by atoms with van der Waals surface area (Å²) < 4.78 is 6.15. The molecule has 0 saturated carbocycles. The third kappa shape index (κ3) is 4.88. The van der Waals surface area contributed by atoms with Crippen LogP contribution in [0, 0.1) is 10.1 Å². The van der Waals surface area contributed by atoms with Gasteiger partial charge in [-0.3, -0.25) is 29.4 Å². The van der Waals surface area contributed by atoms with E-state index in [2.05, 4.69) is 5.32 Å². The second-order valence-electron chi connectivity index (χ2n) is 8.70. The number of hydrogen-bond acceptors (Lipinski definition) is 6. The maximum atomic E-state index is 13.6. The zero-order valence-electron chi connectivity index (χ0n) is 19.5. The third-order valence-electron chi connectivity index (χ3n) is 6.49. The number of hydrogen-bond donors (Lipinski definition) is 1. The number of piperidine rings is 1. The van der Waals surface area contributed by atoms with E-state index >= 15 is 0 Å². The van der Waals surface area contributed by atoms with Gasteiger partial charge in [0.15, 0.2) is 0 Å². The van der Waals surface area contributed by atoms with Crippen LogP contribution >= 0.6 is 0 Å². The van der Waals surface area contributed by atoms with Gasteiger partial charge in [0.25, 0.3) is 17.5 Å². The number of benzene rings is 2. The van der Waals surface area contributed by atoms with E-state index in [0.717, 1.165) is 6.42 Å². The van der Waals surface area contributed by atoms with Crippen LogP contribution in [-0.2, 0) is 9.53 Å². The molecule has 0 radical (unpaired) electrons. The van der Waals surface area contributed by atoms with E-state index in [0.29, 0.717) is 24.9 Å². The first kappa shape index (κ1) is 24.3. The Labute approximate surface area is 203 Å². The normalized spacial score (nSPS) is 18.9. The molecule has 10 nitrogen and oxygen atoms in total. The van der Waals surface area contributed by atoms with Crippen LogP contribution in [0.1, 0.15) is 46.9 Å². The molecular formula is C25H28N4O6. The average Bonchev–Trinajstić information content (AvgIpc) is 3.25. The molecule has 10 heteroatoms. The van der Waals surface area contributed by atoms with Gasteiger partial charge in [-0.1, -0.05) is 31.2 Å². The lowest BCUT2D eigenvalue weighted by Crippen LogP contribution is -2.59. The van der Waals surface area contributed by atoms with Crippen LogP contribution in [0.5, 0.6) is 0 Å². The molecule has 35 heavy (non-hydrogen) atoms. The van der Waals surface area contributed by atoms with Crippen molar-refractivity contribution in [1.82, 2.24) is 15.1 Å². The molecule has 4 rings (SSSR count). The lowest BCUT2D eigenvalue weighted by atomic mass is 9.96. The van der Waals surface area contributed by atoms with Crippen LogP contribution in [0.2, 0.25) is 0 Å². The van der Waals surface area contributed by atoms with E-state index in [1.165, 1.54) is 18.2 Å². The van der Waals surface area contributed by atoms with E-state index in [4.69, 9.17) is 4.74 Å². The molecule has 2 saturated heterocycles. The zero-order valence-corrected chi connectivity index (χ0v) is 19.5. The second kappa shape index (κ2) is 10.2. The molecule has 3 amide bonds. The smallest absolute Gasteiger partial charge is 0.270 e. The second-order valence-corrected chi connectivity index (χ2v) is 8.70. The van der Waals surface area contributed by atoms with Gasteiger partial charge in [-0.15, -0.1) is 0 Å². The number of amides is 3. The lowest BCUT2D eigenvalue weighted by Gasteiger charge is -2.44. The van der Waals surface area contributed by atoms with Crippen LogP contribution in [-0.4, -0.2) is 70.5 Å². The number of carbonyl (C=O) groups is 3. The highest BCUT2D eigenvalue weighted by Gasteiger charge is 2.54. The van der Waals surface area contributed by atoms with Gasteiger partial charge in [0.05, 0.1) is 11.5 Å². The number of carbonyl (C=O) groups excluding carboxylic acids is 3. The minimum Gasteiger partial charge on any atom is -0.354 e. The standard InChI is InChI=1S/C25H28N4O6/c1-2-13-26-22(30)21-17-35-25(28(21)24(32)18-7-4-3-5-8-18)11-14-27(15-12-25)23(31)19-9-6-10-20(16-19)29(33)34/h3-10,16,21H,2,11-15,17H2,1H3,(H,26,30). The Balaban J connectivity index is 1.55. The minimum absolute atomic E-state index is 0.0763. The summed E-state index contributed by atoms with van der Waals surface area (Å²) >= 11 is 0. The number of likely N-dealkylation sites (tertiary alicyclic amines) is 1. The van der Waals surface area contributed by atoms with Gasteiger partial charge in [-0.25, -0.2) is 0 Å². The van der Waals surface area contributed by atoms with Gasteiger partial charge in [0.2, 0.25) is 5.91 Å². The van der Waals surface area contributed by atoms with Crippen molar-refractivity contribution in [2.45, 2.75) is 38.0 Å². The molecule has 1 spiro atoms. The van der Waals surface area contributed by atoms with Crippen LogP contribution < -0.4 is 5.32 Å². The quantitative estimate of drug-likeness (QED) is 0.501. The monoisotopic (exact) mass is 480 g/mol. The Kier molecular flexibility index (Phi) is 7.11. The van der Waals surface area contributed by atoms with Crippen molar-refractivity contribution in [3.8, 4) is 0 Å². The van der Waals surface area contributed by atoms with Gasteiger partial charge in [-0.05, 0) is 24.6 Å². The van der Waals surface area contributed by atoms with E-state index < -0.39 is 16.7 Å². The Hall–Kier alpha value is -3.79. The highest BCUT2D eigenvalue weighted by atomic mass is 16.6. The number of ether oxygens (including phenoxy) is 1. The maximum absolute atomic E-state index is 13.6. The molecule has 2 fully saturated rings. The molecule has 0 aromatic heterocycles. The van der Waals surface area contributed by atoms with Gasteiger partial charge in [-0.2, -0.15) is 0 Å². The number of nitrogens with zero attached hydrogens (tertiary/aromatic N) is 3. The Morgan fingerprint density at radius 1 is 1.06 bits per heavy atom. The first-order valence-corrected chi connectivity index (χ1v) is 11.7. The number of nitrogens with one attached hydrogen (secondary N) is 1. The summed E-state index contributed by atoms with van der Waals surface area (Å²) in [4.78, 5) is 53.2. The fourth-order valence-electron chi connectivity index (χ4n) is 4.65. The topological polar surface area (TPSA) is 122 Å². The summed E-state index contributed by atoms with van der Waals surface area (Å²) in [6, 6.07) is 13.6. The van der Waals surface area contributed by atoms with Crippen molar-refractivity contribution in [3.63, 3.8) is 0 Å². The van der Waals surface area contributed by atoms with Crippen LogP contribution in [0.15, 0.2) is 54.6 Å². The molecule has 1 atom stereocenters. The van der Waals surface area contributed by atoms with Crippen LogP contribution in [0.3, 0.4) is 0 Å². The van der Waals surface area contributed by atoms with Crippen molar-refractivity contribution >= 4 is 23.4 Å². The SMILES string of the molecule is CCCNC(=O)C1COC2(CCN(C(=O)c3cccc([N+](=O)[O-])c3)CC2)N1C(=O)c1ccccc1. The van der Waals surface area contributed by atoms with E-state index in [9.17, 15) is 24.5 Å². The highest BCUT2D eigenvalue weighted by molar-refractivity contribution is 5.98. The molecule has 0 bridgehead atoms. The Bertz CT molecular complexity index is 1110. The molecule has 1 unspecified atom stereocenters. The predicted molar refractivity (Wildman–Crippen MR) is 127 cm³/mol. The Morgan fingerprint density at radius 2 is 1.74 bits per heavy atom. The Morgan fingerprint density at radius 3 is 2.40 bits per heavy atom. The van der Waals surface area contributed by atoms with Crippen molar-refractivity contribution in [2.75, 3.05) is 26.2 Å². The number of nitro benzene ring substituents is 1. The number of non-ortho nitro benzene ring substituents is 1. The van der Waals surface area contributed by atoms with Gasteiger partial charge < -0.3 is 15.0 Å². The third-order valence-corrected chi connectivity index (χ3v) is 6.49. The summed E-state index contributed by atoms with van der Waals surface area (Å²) in [5, 5.41) is 13.9. The summed E-state index contributed by atoms with van der Waals surface area (Å²) in [5.41, 5.74) is -0.470. The fourth-order valence-corrected chi connectivity index (χ4v) is 4.65. The van der Waals surface area contributed by atoms with Crippen LogP contribution in [0.4, 0.5) is 5.69 Å². The molecule has 184 valence electrons. The molecule has 1 N–H and O–H groups in total. The van der Waals surface area contributed by atoms with Crippen LogP contribution in [0.25, 0.3) is 0 Å².